The number of likely N-dealkylation sites (N-methyl/N-ethyl adjacent to an activating group) is 1. The molecule has 0 aromatic rings. The van der Waals surface area contributed by atoms with E-state index in [4.69, 9.17) is 0 Å². The Hall–Kier alpha value is -1.47. The van der Waals surface area contributed by atoms with Gasteiger partial charge in [-0.3, -0.25) is 14.6 Å². The molecule has 1 aliphatic heterocycles. The SMILES string of the molecule is C=CC1=C([N+](=O)[O-])C[N+](C)(C)C(C(C)(C)S(C)(=O)=O)=C1. The van der Waals surface area contributed by atoms with Gasteiger partial charge in [0, 0.05) is 12.3 Å². The lowest BCUT2D eigenvalue weighted by atomic mass is 9.98. The number of nitrogens with zero attached hydrogens (tertiary/aromatic N) is 2. The standard InChI is InChI=1S/C13H21N2O4S/c1-7-10-8-12(13(2,3)20(6,18)19)15(4,5)9-11(10)14(16)17/h7-8H,1,9H2,2-6H3/q+1. The molecule has 0 amide bonds. The molecule has 112 valence electrons. The Kier molecular flexibility index (Phi) is 4.00. The zero-order chi connectivity index (χ0) is 15.9. The highest BCUT2D eigenvalue weighted by atomic mass is 32.2. The van der Waals surface area contributed by atoms with Gasteiger partial charge in [-0.2, -0.15) is 0 Å². The van der Waals surface area contributed by atoms with Crippen LogP contribution in [0.4, 0.5) is 0 Å². The smallest absolute Gasteiger partial charge is 0.289 e. The predicted octanol–water partition coefficient (Wildman–Crippen LogP) is 1.50. The van der Waals surface area contributed by atoms with Crippen molar-refractivity contribution in [2.24, 2.45) is 0 Å². The first-order valence-electron chi connectivity index (χ1n) is 6.10. The number of quaternary nitrogens is 1. The molecule has 0 aromatic carbocycles. The van der Waals surface area contributed by atoms with Crippen LogP contribution in [0.2, 0.25) is 0 Å². The van der Waals surface area contributed by atoms with Crippen molar-refractivity contribution in [1.29, 1.82) is 0 Å². The molecule has 0 radical (unpaired) electrons. The largest absolute Gasteiger partial charge is 0.307 e. The van der Waals surface area contributed by atoms with Gasteiger partial charge in [-0.1, -0.05) is 12.7 Å². The molecular formula is C13H21N2O4S+. The fourth-order valence-corrected chi connectivity index (χ4v) is 3.07. The van der Waals surface area contributed by atoms with Crippen molar-refractivity contribution < 1.29 is 17.8 Å². The zero-order valence-electron chi connectivity index (χ0n) is 12.5. The van der Waals surface area contributed by atoms with Gasteiger partial charge >= 0.3 is 5.70 Å². The van der Waals surface area contributed by atoms with Gasteiger partial charge < -0.3 is 0 Å². The summed E-state index contributed by atoms with van der Waals surface area (Å²) in [6.07, 6.45) is 4.15. The lowest BCUT2D eigenvalue weighted by molar-refractivity contribution is -0.857. The first-order valence-corrected chi connectivity index (χ1v) is 7.99. The third kappa shape index (κ3) is 2.69. The summed E-state index contributed by atoms with van der Waals surface area (Å²) in [5.41, 5.74) is 1.04. The molecule has 0 atom stereocenters. The molecule has 0 aromatic heterocycles. The number of nitro groups is 1. The number of rotatable bonds is 4. The Morgan fingerprint density at radius 1 is 1.45 bits per heavy atom. The second kappa shape index (κ2) is 4.82. The fraction of sp³-hybridized carbons (Fsp3) is 0.538. The van der Waals surface area contributed by atoms with E-state index in [2.05, 4.69) is 6.58 Å². The normalized spacial score (nSPS) is 19.6. The molecule has 0 saturated carbocycles. The van der Waals surface area contributed by atoms with Crippen LogP contribution in [0.15, 0.2) is 35.7 Å². The maximum atomic E-state index is 12.0. The van der Waals surface area contributed by atoms with Crippen LogP contribution in [0.3, 0.4) is 0 Å². The minimum Gasteiger partial charge on any atom is -0.289 e. The minimum absolute atomic E-state index is 0.0538. The molecular weight excluding hydrogens is 280 g/mol. The van der Waals surface area contributed by atoms with E-state index in [1.807, 2.05) is 0 Å². The summed E-state index contributed by atoms with van der Waals surface area (Å²) in [6, 6.07) is 0. The van der Waals surface area contributed by atoms with Crippen LogP contribution in [-0.4, -0.2) is 49.5 Å². The Bertz CT molecular complexity index is 625. The summed E-state index contributed by atoms with van der Waals surface area (Å²) in [4.78, 5) is 10.7. The Morgan fingerprint density at radius 2 is 1.95 bits per heavy atom. The Labute approximate surface area is 119 Å². The second-order valence-corrected chi connectivity index (χ2v) is 8.58. The highest BCUT2D eigenvalue weighted by Gasteiger charge is 2.47. The first kappa shape index (κ1) is 16.6. The van der Waals surface area contributed by atoms with Gasteiger partial charge in [0.05, 0.1) is 24.6 Å². The molecule has 20 heavy (non-hydrogen) atoms. The van der Waals surface area contributed by atoms with Crippen molar-refractivity contribution in [3.63, 3.8) is 0 Å². The van der Waals surface area contributed by atoms with E-state index in [9.17, 15) is 18.5 Å². The summed E-state index contributed by atoms with van der Waals surface area (Å²) < 4.78 is 23.1. The fourth-order valence-electron chi connectivity index (χ4n) is 2.39. The highest BCUT2D eigenvalue weighted by Crippen LogP contribution is 2.36. The summed E-state index contributed by atoms with van der Waals surface area (Å²) in [6.45, 7) is 6.94. The predicted molar refractivity (Wildman–Crippen MR) is 78.2 cm³/mol. The minimum atomic E-state index is -3.35. The average molecular weight is 301 g/mol. The van der Waals surface area contributed by atoms with E-state index in [-0.39, 0.29) is 16.7 Å². The van der Waals surface area contributed by atoms with Crippen LogP contribution in [0.25, 0.3) is 0 Å². The van der Waals surface area contributed by atoms with Gasteiger partial charge in [-0.05, 0) is 13.8 Å². The summed E-state index contributed by atoms with van der Waals surface area (Å²) in [5.74, 6) is 0. The van der Waals surface area contributed by atoms with Crippen molar-refractivity contribution in [2.75, 3.05) is 26.9 Å². The lowest BCUT2D eigenvalue weighted by Crippen LogP contribution is -2.52. The van der Waals surface area contributed by atoms with Crippen molar-refractivity contribution >= 4 is 9.84 Å². The van der Waals surface area contributed by atoms with Gasteiger partial charge in [0.25, 0.3) is 0 Å². The summed E-state index contributed by atoms with van der Waals surface area (Å²) >= 11 is 0. The van der Waals surface area contributed by atoms with Gasteiger partial charge in [-0.15, -0.1) is 0 Å². The quantitative estimate of drug-likeness (QED) is 0.448. The molecule has 7 heteroatoms. The molecule has 0 aliphatic carbocycles. The number of hydrogen-bond acceptors (Lipinski definition) is 4. The van der Waals surface area contributed by atoms with Crippen molar-refractivity contribution in [1.82, 2.24) is 0 Å². The average Bonchev–Trinajstić information content (AvgIpc) is 2.25. The molecule has 0 N–H and O–H groups in total. The number of allylic oxidation sites excluding steroid dienone is 3. The topological polar surface area (TPSA) is 77.3 Å². The number of sulfone groups is 1. The van der Waals surface area contributed by atoms with Gasteiger partial charge in [0.1, 0.15) is 10.4 Å². The van der Waals surface area contributed by atoms with Crippen LogP contribution < -0.4 is 0 Å². The van der Waals surface area contributed by atoms with E-state index in [1.54, 1.807) is 34.0 Å². The van der Waals surface area contributed by atoms with Crippen molar-refractivity contribution in [3.8, 4) is 0 Å². The lowest BCUT2D eigenvalue weighted by Gasteiger charge is -2.39. The first-order chi connectivity index (χ1) is 8.84. The van der Waals surface area contributed by atoms with Gasteiger partial charge in [0.2, 0.25) is 0 Å². The van der Waals surface area contributed by atoms with Gasteiger partial charge in [-0.25, -0.2) is 8.42 Å². The van der Waals surface area contributed by atoms with E-state index >= 15 is 0 Å². The van der Waals surface area contributed by atoms with Crippen molar-refractivity contribution in [2.45, 2.75) is 18.6 Å². The molecule has 1 aliphatic rings. The van der Waals surface area contributed by atoms with Crippen LogP contribution >= 0.6 is 0 Å². The zero-order valence-corrected chi connectivity index (χ0v) is 13.3. The third-order valence-electron chi connectivity index (χ3n) is 3.81. The summed E-state index contributed by atoms with van der Waals surface area (Å²) in [7, 11) is 0.179. The molecule has 1 heterocycles. The number of hydrogen-bond donors (Lipinski definition) is 0. The van der Waals surface area contributed by atoms with E-state index in [1.165, 1.54) is 12.3 Å². The van der Waals surface area contributed by atoms with Crippen LogP contribution in [0, 0.1) is 10.1 Å². The Balaban J connectivity index is 3.61. The van der Waals surface area contributed by atoms with Crippen LogP contribution in [0.1, 0.15) is 13.8 Å². The molecule has 0 spiro atoms. The molecule has 0 unspecified atom stereocenters. The summed E-state index contributed by atoms with van der Waals surface area (Å²) in [5, 5.41) is 11.1. The molecule has 1 rings (SSSR count). The molecule has 0 saturated heterocycles. The maximum absolute atomic E-state index is 12.0. The molecule has 6 nitrogen and oxygen atoms in total. The van der Waals surface area contributed by atoms with Crippen LogP contribution in [-0.2, 0) is 9.84 Å². The maximum Gasteiger partial charge on any atom is 0.307 e. The second-order valence-electron chi connectivity index (χ2n) is 6.02. The van der Waals surface area contributed by atoms with E-state index < -0.39 is 19.5 Å². The van der Waals surface area contributed by atoms with Gasteiger partial charge in [0.15, 0.2) is 16.4 Å². The Morgan fingerprint density at radius 3 is 2.30 bits per heavy atom. The monoisotopic (exact) mass is 301 g/mol. The molecule has 0 bridgehead atoms. The van der Waals surface area contributed by atoms with E-state index in [0.29, 0.717) is 11.3 Å². The van der Waals surface area contributed by atoms with Crippen molar-refractivity contribution in [3.05, 3.63) is 45.8 Å². The van der Waals surface area contributed by atoms with Crippen LogP contribution in [0.5, 0.6) is 0 Å². The highest BCUT2D eigenvalue weighted by molar-refractivity contribution is 7.92. The molecule has 0 fully saturated rings. The van der Waals surface area contributed by atoms with E-state index in [0.717, 1.165) is 0 Å². The third-order valence-corrected chi connectivity index (χ3v) is 5.87.